The lowest BCUT2D eigenvalue weighted by Gasteiger charge is -2.02. The summed E-state index contributed by atoms with van der Waals surface area (Å²) in [6, 6.07) is 10.3. The van der Waals surface area contributed by atoms with Crippen molar-refractivity contribution in [2.45, 2.75) is 0 Å². The van der Waals surface area contributed by atoms with Gasteiger partial charge in [0.1, 0.15) is 0 Å². The quantitative estimate of drug-likeness (QED) is 0.323. The first-order valence-electron chi connectivity index (χ1n) is 2.82. The zero-order valence-corrected chi connectivity index (χ0v) is 5.29. The highest BCUT2D eigenvalue weighted by molar-refractivity contribution is 5.47. The molecule has 50 valence electrons. The van der Waals surface area contributed by atoms with Gasteiger partial charge < -0.3 is 0 Å². The van der Waals surface area contributed by atoms with Crippen molar-refractivity contribution in [1.82, 2.24) is 0 Å². The van der Waals surface area contributed by atoms with E-state index in [9.17, 15) is 4.48 Å². The van der Waals surface area contributed by atoms with E-state index in [0.717, 1.165) is 0 Å². The Morgan fingerprint density at radius 2 is 1.90 bits per heavy atom. The second-order valence-corrected chi connectivity index (χ2v) is 1.75. The molecule has 10 heavy (non-hydrogen) atoms. The van der Waals surface area contributed by atoms with Gasteiger partial charge in [-0.3, -0.25) is 0 Å². The molecule has 0 aliphatic heterocycles. The van der Waals surface area contributed by atoms with E-state index in [1.807, 2.05) is 6.04 Å². The van der Waals surface area contributed by atoms with Gasteiger partial charge in [0.2, 0.25) is 0 Å². The van der Waals surface area contributed by atoms with Crippen LogP contribution in [0.5, 0.6) is 0 Å². The molecule has 0 heterocycles. The maximum absolute atomic E-state index is 12.5. The van der Waals surface area contributed by atoms with E-state index in [4.69, 9.17) is 6.42 Å². The van der Waals surface area contributed by atoms with Crippen molar-refractivity contribution in [1.29, 1.82) is 0 Å². The van der Waals surface area contributed by atoms with E-state index in [1.54, 1.807) is 30.3 Å². The maximum atomic E-state index is 12.5. The van der Waals surface area contributed by atoms with Crippen molar-refractivity contribution in [2.75, 3.05) is 5.12 Å². The van der Waals surface area contributed by atoms with Crippen molar-refractivity contribution in [2.24, 2.45) is 0 Å². The van der Waals surface area contributed by atoms with Crippen LogP contribution < -0.4 is 5.12 Å². The van der Waals surface area contributed by atoms with E-state index < -0.39 is 0 Å². The van der Waals surface area contributed by atoms with Gasteiger partial charge in [-0.1, -0.05) is 29.1 Å². The molecule has 0 unspecified atom stereocenters. The number of terminal acetylenes is 1. The van der Waals surface area contributed by atoms with Crippen molar-refractivity contribution in [3.8, 4) is 12.5 Å². The summed E-state index contributed by atoms with van der Waals surface area (Å²) < 4.78 is 12.5. The lowest BCUT2D eigenvalue weighted by atomic mass is 10.3. The molecule has 0 atom stereocenters. The molecule has 0 spiro atoms. The average Bonchev–Trinajstić information content (AvgIpc) is 2.05. The molecule has 0 saturated carbocycles. The summed E-state index contributed by atoms with van der Waals surface area (Å²) in [4.78, 5) is 0. The summed E-state index contributed by atoms with van der Waals surface area (Å²) in [5, 5.41) is 0.236. The molecule has 1 nitrogen and oxygen atoms in total. The smallest absolute Gasteiger partial charge is 0.0841 e. The van der Waals surface area contributed by atoms with E-state index in [0.29, 0.717) is 5.69 Å². The van der Waals surface area contributed by atoms with Crippen molar-refractivity contribution < 1.29 is 4.48 Å². The number of halogens is 1. The van der Waals surface area contributed by atoms with Gasteiger partial charge in [-0.15, -0.1) is 5.12 Å². The predicted octanol–water partition coefficient (Wildman–Crippen LogP) is 1.97. The molecule has 0 amide bonds. The van der Waals surface area contributed by atoms with Crippen LogP contribution in [0, 0.1) is 12.5 Å². The highest BCUT2D eigenvalue weighted by atomic mass is 19.2. The number of hydrogen-bond donors (Lipinski definition) is 0. The first-order chi connectivity index (χ1) is 4.84. The minimum absolute atomic E-state index is 0.236. The van der Waals surface area contributed by atoms with Gasteiger partial charge in [-0.05, 0) is 12.1 Å². The summed E-state index contributed by atoms with van der Waals surface area (Å²) in [6.45, 7) is 0. The third kappa shape index (κ3) is 1.26. The van der Waals surface area contributed by atoms with Crippen LogP contribution in [-0.4, -0.2) is 0 Å². The minimum Gasteiger partial charge on any atom is -0.136 e. The van der Waals surface area contributed by atoms with Gasteiger partial charge in [0.15, 0.2) is 0 Å². The first-order valence-corrected chi connectivity index (χ1v) is 2.82. The fourth-order valence-electron chi connectivity index (χ4n) is 0.633. The number of para-hydroxylation sites is 1. The molecule has 1 aromatic carbocycles. The second kappa shape index (κ2) is 2.88. The molecular formula is C8H6FN. The summed E-state index contributed by atoms with van der Waals surface area (Å²) in [5.41, 5.74) is 0.380. The van der Waals surface area contributed by atoms with Crippen molar-refractivity contribution >= 4 is 5.69 Å². The minimum atomic E-state index is 0.236. The van der Waals surface area contributed by atoms with Gasteiger partial charge in [-0.25, -0.2) is 0 Å². The van der Waals surface area contributed by atoms with E-state index >= 15 is 0 Å². The zero-order valence-electron chi connectivity index (χ0n) is 5.29. The average molecular weight is 135 g/mol. The number of hydrogen-bond acceptors (Lipinski definition) is 1. The third-order valence-corrected chi connectivity index (χ3v) is 1.10. The van der Waals surface area contributed by atoms with Crippen LogP contribution >= 0.6 is 0 Å². The molecule has 0 bridgehead atoms. The molecule has 0 aromatic heterocycles. The normalized spacial score (nSPS) is 8.40. The standard InChI is InChI=1S/C8H6FN/c1-2-10(9)8-6-4-3-5-7-8/h1,3-7H. The Morgan fingerprint density at radius 1 is 1.30 bits per heavy atom. The monoisotopic (exact) mass is 135 g/mol. The molecule has 0 radical (unpaired) electrons. The fourth-order valence-corrected chi connectivity index (χ4v) is 0.633. The van der Waals surface area contributed by atoms with Crippen LogP contribution in [0.2, 0.25) is 0 Å². The van der Waals surface area contributed by atoms with Crippen LogP contribution in [0.25, 0.3) is 0 Å². The molecule has 1 aromatic rings. The molecule has 0 fully saturated rings. The van der Waals surface area contributed by atoms with Crippen LogP contribution in [0.3, 0.4) is 0 Å². The lowest BCUT2D eigenvalue weighted by molar-refractivity contribution is 0.511. The maximum Gasteiger partial charge on any atom is 0.0841 e. The van der Waals surface area contributed by atoms with Gasteiger partial charge in [0, 0.05) is 6.04 Å². The van der Waals surface area contributed by atoms with Gasteiger partial charge >= 0.3 is 0 Å². The van der Waals surface area contributed by atoms with Gasteiger partial charge in [-0.2, -0.15) is 0 Å². The number of anilines is 1. The third-order valence-electron chi connectivity index (χ3n) is 1.10. The molecule has 0 N–H and O–H groups in total. The predicted molar refractivity (Wildman–Crippen MR) is 38.9 cm³/mol. The Balaban J connectivity index is 2.88. The van der Waals surface area contributed by atoms with Gasteiger partial charge in [0.05, 0.1) is 5.69 Å². The number of benzene rings is 1. The Bertz CT molecular complexity index is 237. The molecule has 0 aliphatic carbocycles. The Morgan fingerprint density at radius 3 is 2.40 bits per heavy atom. The summed E-state index contributed by atoms with van der Waals surface area (Å²) >= 11 is 0. The molecule has 2 heteroatoms. The number of nitrogens with zero attached hydrogens (tertiary/aromatic N) is 1. The van der Waals surface area contributed by atoms with E-state index in [1.165, 1.54) is 0 Å². The van der Waals surface area contributed by atoms with Crippen LogP contribution in [0.15, 0.2) is 30.3 Å². The highest BCUT2D eigenvalue weighted by Gasteiger charge is 1.96. The molecule has 0 saturated heterocycles. The largest absolute Gasteiger partial charge is 0.136 e. The zero-order chi connectivity index (χ0) is 7.40. The molecule has 1 rings (SSSR count). The molecular weight excluding hydrogens is 129 g/mol. The van der Waals surface area contributed by atoms with Crippen molar-refractivity contribution in [3.63, 3.8) is 0 Å². The second-order valence-electron chi connectivity index (χ2n) is 1.75. The summed E-state index contributed by atoms with van der Waals surface area (Å²) in [7, 11) is 0. The van der Waals surface area contributed by atoms with Crippen LogP contribution in [0.1, 0.15) is 0 Å². The fraction of sp³-hybridized carbons (Fsp3) is 0. The number of rotatable bonds is 1. The first kappa shape index (κ1) is 6.63. The lowest BCUT2D eigenvalue weighted by Crippen LogP contribution is -2.00. The van der Waals surface area contributed by atoms with Crippen LogP contribution in [-0.2, 0) is 0 Å². The summed E-state index contributed by atoms with van der Waals surface area (Å²) in [5.74, 6) is 0. The topological polar surface area (TPSA) is 3.24 Å². The van der Waals surface area contributed by atoms with Crippen LogP contribution in [0.4, 0.5) is 10.2 Å². The Kier molecular flexibility index (Phi) is 1.91. The van der Waals surface area contributed by atoms with Crippen molar-refractivity contribution in [3.05, 3.63) is 30.3 Å². The SMILES string of the molecule is C#CN(F)c1ccccc1. The molecule has 0 aliphatic rings. The van der Waals surface area contributed by atoms with Gasteiger partial charge in [0.25, 0.3) is 0 Å². The van der Waals surface area contributed by atoms with E-state index in [2.05, 4.69) is 0 Å². The summed E-state index contributed by atoms with van der Waals surface area (Å²) in [6.07, 6.45) is 4.80. The highest BCUT2D eigenvalue weighted by Crippen LogP contribution is 2.11. The Hall–Kier alpha value is -1.49. The Labute approximate surface area is 59.0 Å². The van der Waals surface area contributed by atoms with E-state index in [-0.39, 0.29) is 5.12 Å².